The van der Waals surface area contributed by atoms with Gasteiger partial charge < -0.3 is 19.5 Å². The number of rotatable bonds is 7. The van der Waals surface area contributed by atoms with Crippen molar-refractivity contribution in [2.75, 3.05) is 0 Å². The summed E-state index contributed by atoms with van der Waals surface area (Å²) in [6.07, 6.45) is 1.50. The number of aromatic amines is 1. The number of furan rings is 1. The number of H-pyrrole nitrogens is 1. The molecule has 2 N–H and O–H groups in total. The highest BCUT2D eigenvalue weighted by Crippen LogP contribution is 2.24. The molecule has 6 nitrogen and oxygen atoms in total. The van der Waals surface area contributed by atoms with Gasteiger partial charge in [-0.1, -0.05) is 44.2 Å². The Morgan fingerprint density at radius 1 is 1.10 bits per heavy atom. The Labute approximate surface area is 168 Å². The molecule has 0 aliphatic heterocycles. The first-order valence-electron chi connectivity index (χ1n) is 9.61. The maximum atomic E-state index is 13.0. The van der Waals surface area contributed by atoms with E-state index in [-0.39, 0.29) is 24.5 Å². The van der Waals surface area contributed by atoms with Crippen LogP contribution < -0.4 is 10.1 Å². The number of imidazole rings is 1. The summed E-state index contributed by atoms with van der Waals surface area (Å²) in [6, 6.07) is 18.7. The number of para-hydroxylation sites is 3. The predicted octanol–water partition coefficient (Wildman–Crippen LogP) is 4.86. The Morgan fingerprint density at radius 2 is 1.86 bits per heavy atom. The quantitative estimate of drug-likeness (QED) is 0.473. The van der Waals surface area contributed by atoms with Crippen molar-refractivity contribution in [2.24, 2.45) is 5.92 Å². The molecule has 4 rings (SSSR count). The zero-order chi connectivity index (χ0) is 20.2. The van der Waals surface area contributed by atoms with Crippen LogP contribution >= 0.6 is 0 Å². The van der Waals surface area contributed by atoms with Crippen LogP contribution in [0.2, 0.25) is 0 Å². The lowest BCUT2D eigenvalue weighted by Gasteiger charge is -2.20. The van der Waals surface area contributed by atoms with Crippen LogP contribution in [0, 0.1) is 5.92 Å². The lowest BCUT2D eigenvalue weighted by atomic mass is 10.0. The Kier molecular flexibility index (Phi) is 5.33. The van der Waals surface area contributed by atoms with Gasteiger partial charge in [0.25, 0.3) is 5.91 Å². The number of nitrogens with one attached hydrogen (secondary N) is 2. The highest BCUT2D eigenvalue weighted by molar-refractivity contribution is 5.95. The second-order valence-electron chi connectivity index (χ2n) is 7.19. The number of hydrogen-bond donors (Lipinski definition) is 2. The van der Waals surface area contributed by atoms with Gasteiger partial charge in [-0.3, -0.25) is 4.79 Å². The molecule has 0 saturated carbocycles. The van der Waals surface area contributed by atoms with Gasteiger partial charge in [0.1, 0.15) is 18.2 Å². The smallest absolute Gasteiger partial charge is 0.255 e. The van der Waals surface area contributed by atoms with Crippen LogP contribution in [0.1, 0.15) is 41.8 Å². The molecule has 6 heteroatoms. The Balaban J connectivity index is 1.51. The Bertz CT molecular complexity index is 1070. The largest absolute Gasteiger partial charge is 0.486 e. The van der Waals surface area contributed by atoms with Crippen LogP contribution in [-0.2, 0) is 6.61 Å². The van der Waals surface area contributed by atoms with Crippen molar-refractivity contribution in [1.29, 1.82) is 0 Å². The van der Waals surface area contributed by atoms with Gasteiger partial charge in [0, 0.05) is 0 Å². The molecule has 0 spiro atoms. The molecule has 0 fully saturated rings. The molecule has 2 aromatic carbocycles. The van der Waals surface area contributed by atoms with Gasteiger partial charge in [-0.05, 0) is 36.2 Å². The van der Waals surface area contributed by atoms with Crippen molar-refractivity contribution in [1.82, 2.24) is 15.3 Å². The first-order valence-corrected chi connectivity index (χ1v) is 9.61. The summed E-state index contributed by atoms with van der Waals surface area (Å²) in [7, 11) is 0. The van der Waals surface area contributed by atoms with Gasteiger partial charge >= 0.3 is 0 Å². The van der Waals surface area contributed by atoms with E-state index in [0.717, 1.165) is 22.6 Å². The highest BCUT2D eigenvalue weighted by atomic mass is 16.5. The highest BCUT2D eigenvalue weighted by Gasteiger charge is 2.24. The zero-order valence-corrected chi connectivity index (χ0v) is 16.4. The first-order chi connectivity index (χ1) is 14.1. The number of fused-ring (bicyclic) bond motifs is 1. The molecule has 148 valence electrons. The lowest BCUT2D eigenvalue weighted by Crippen LogP contribution is -2.32. The van der Waals surface area contributed by atoms with E-state index in [2.05, 4.69) is 15.3 Å². The number of ether oxygens (including phenoxy) is 1. The molecule has 0 bridgehead atoms. The minimum atomic E-state index is -0.257. The fraction of sp³-hybridized carbons (Fsp3) is 0.217. The standard InChI is InChI=1S/C23H23N3O3/c1-15(2)21(22-24-18-10-6-7-11-19(18)25-22)26-23(27)17-12-13-28-20(17)14-29-16-8-4-3-5-9-16/h3-13,15,21H,14H2,1-2H3,(H,24,25)(H,26,27). The third-order valence-corrected chi connectivity index (χ3v) is 4.76. The van der Waals surface area contributed by atoms with Crippen molar-refractivity contribution >= 4 is 16.9 Å². The lowest BCUT2D eigenvalue weighted by molar-refractivity contribution is 0.0919. The number of aromatic nitrogens is 2. The van der Waals surface area contributed by atoms with E-state index in [9.17, 15) is 4.79 Å². The van der Waals surface area contributed by atoms with E-state index in [0.29, 0.717) is 11.3 Å². The third kappa shape index (κ3) is 4.16. The van der Waals surface area contributed by atoms with Crippen LogP contribution in [0.25, 0.3) is 11.0 Å². The van der Waals surface area contributed by atoms with Crippen LogP contribution in [0.15, 0.2) is 71.3 Å². The van der Waals surface area contributed by atoms with E-state index < -0.39 is 0 Å². The zero-order valence-electron chi connectivity index (χ0n) is 16.4. The molecule has 29 heavy (non-hydrogen) atoms. The summed E-state index contributed by atoms with van der Waals surface area (Å²) >= 11 is 0. The molecule has 0 aliphatic carbocycles. The molecule has 1 amide bonds. The minimum Gasteiger partial charge on any atom is -0.486 e. The van der Waals surface area contributed by atoms with Gasteiger partial charge in [0.2, 0.25) is 0 Å². The summed E-state index contributed by atoms with van der Waals surface area (Å²) in [6.45, 7) is 4.27. The van der Waals surface area contributed by atoms with Gasteiger partial charge in [0.05, 0.1) is 28.9 Å². The normalized spacial score (nSPS) is 12.2. The Hall–Kier alpha value is -3.54. The summed E-state index contributed by atoms with van der Waals surface area (Å²) in [5.74, 6) is 1.87. The van der Waals surface area contributed by atoms with E-state index in [1.54, 1.807) is 6.07 Å². The predicted molar refractivity (Wildman–Crippen MR) is 111 cm³/mol. The number of carbonyl (C=O) groups is 1. The second-order valence-corrected chi connectivity index (χ2v) is 7.19. The van der Waals surface area contributed by atoms with Crippen molar-refractivity contribution in [3.8, 4) is 5.75 Å². The monoisotopic (exact) mass is 389 g/mol. The van der Waals surface area contributed by atoms with Gasteiger partial charge in [-0.2, -0.15) is 0 Å². The van der Waals surface area contributed by atoms with Gasteiger partial charge in [-0.25, -0.2) is 4.98 Å². The maximum absolute atomic E-state index is 13.0. The van der Waals surface area contributed by atoms with Crippen LogP contribution in [0.3, 0.4) is 0 Å². The first kappa shape index (κ1) is 18.8. The number of benzene rings is 2. The molecule has 1 atom stereocenters. The molecule has 0 aliphatic rings. The molecule has 2 aromatic heterocycles. The van der Waals surface area contributed by atoms with Crippen molar-refractivity contribution in [3.63, 3.8) is 0 Å². The number of nitrogens with zero attached hydrogens (tertiary/aromatic N) is 1. The van der Waals surface area contributed by atoms with Crippen molar-refractivity contribution < 1.29 is 13.9 Å². The molecular weight excluding hydrogens is 366 g/mol. The van der Waals surface area contributed by atoms with Crippen LogP contribution in [-0.4, -0.2) is 15.9 Å². The number of amides is 1. The topological polar surface area (TPSA) is 80.2 Å². The second kappa shape index (κ2) is 8.22. The maximum Gasteiger partial charge on any atom is 0.255 e. The average molecular weight is 389 g/mol. The number of hydrogen-bond acceptors (Lipinski definition) is 4. The van der Waals surface area contributed by atoms with Gasteiger partial charge in [0.15, 0.2) is 5.76 Å². The molecule has 0 radical (unpaired) electrons. The van der Waals surface area contributed by atoms with E-state index in [1.807, 2.05) is 68.4 Å². The third-order valence-electron chi connectivity index (χ3n) is 4.76. The van der Waals surface area contributed by atoms with E-state index in [4.69, 9.17) is 9.15 Å². The summed E-state index contributed by atoms with van der Waals surface area (Å²) in [4.78, 5) is 20.9. The summed E-state index contributed by atoms with van der Waals surface area (Å²) < 4.78 is 11.2. The van der Waals surface area contributed by atoms with Crippen molar-refractivity contribution in [3.05, 3.63) is 84.1 Å². The Morgan fingerprint density at radius 3 is 2.62 bits per heavy atom. The molecule has 1 unspecified atom stereocenters. The number of carbonyl (C=O) groups excluding carboxylic acids is 1. The molecule has 4 aromatic rings. The molecule has 0 saturated heterocycles. The van der Waals surface area contributed by atoms with Gasteiger partial charge in [-0.15, -0.1) is 0 Å². The van der Waals surface area contributed by atoms with Crippen LogP contribution in [0.4, 0.5) is 0 Å². The summed E-state index contributed by atoms with van der Waals surface area (Å²) in [5.41, 5.74) is 2.29. The van der Waals surface area contributed by atoms with Crippen LogP contribution in [0.5, 0.6) is 5.75 Å². The van der Waals surface area contributed by atoms with E-state index >= 15 is 0 Å². The molecular formula is C23H23N3O3. The fourth-order valence-corrected chi connectivity index (χ4v) is 3.21. The SMILES string of the molecule is CC(C)C(NC(=O)c1ccoc1COc1ccccc1)c1nc2ccccc2[nH]1. The minimum absolute atomic E-state index is 0.149. The van der Waals surface area contributed by atoms with E-state index in [1.165, 1.54) is 6.26 Å². The fourth-order valence-electron chi connectivity index (χ4n) is 3.21. The van der Waals surface area contributed by atoms with Crippen molar-refractivity contribution in [2.45, 2.75) is 26.5 Å². The molecule has 2 heterocycles. The average Bonchev–Trinajstić information content (AvgIpc) is 3.37. The summed E-state index contributed by atoms with van der Waals surface area (Å²) in [5, 5.41) is 3.09.